The van der Waals surface area contributed by atoms with Gasteiger partial charge in [0.05, 0.1) is 0 Å². The molecule has 1 fully saturated rings. The van der Waals surface area contributed by atoms with Gasteiger partial charge in [0.15, 0.2) is 0 Å². The molecule has 1 aliphatic heterocycles. The third kappa shape index (κ3) is 5.71. The molecule has 1 saturated heterocycles. The van der Waals surface area contributed by atoms with Crippen molar-refractivity contribution >= 4 is 17.5 Å². The van der Waals surface area contributed by atoms with Crippen LogP contribution < -0.4 is 5.32 Å². The molecule has 1 aliphatic rings. The van der Waals surface area contributed by atoms with Crippen molar-refractivity contribution in [3.63, 3.8) is 0 Å². The van der Waals surface area contributed by atoms with Crippen LogP contribution in [0.3, 0.4) is 0 Å². The van der Waals surface area contributed by atoms with Gasteiger partial charge in [-0.2, -0.15) is 0 Å². The first-order valence-electron chi connectivity index (χ1n) is 6.30. The second kappa shape index (κ2) is 8.82. The predicted octanol–water partition coefficient (Wildman–Crippen LogP) is 2.47. The highest BCUT2D eigenvalue weighted by Gasteiger charge is 2.20. The van der Waals surface area contributed by atoms with Gasteiger partial charge in [0, 0.05) is 19.0 Å². The summed E-state index contributed by atoms with van der Waals surface area (Å²) in [5, 5.41) is 2.93. The number of carbonyl (C=O) groups is 1. The van der Waals surface area contributed by atoms with E-state index in [-0.39, 0.29) is 12.0 Å². The van der Waals surface area contributed by atoms with Gasteiger partial charge in [-0.1, -0.05) is 12.8 Å². The van der Waals surface area contributed by atoms with Gasteiger partial charge in [0.2, 0.25) is 5.91 Å². The summed E-state index contributed by atoms with van der Waals surface area (Å²) < 4.78 is 5.41. The van der Waals surface area contributed by atoms with Crippen LogP contribution in [0.2, 0.25) is 0 Å². The molecule has 4 heteroatoms. The molecule has 0 aromatic carbocycles. The number of rotatable bonds is 7. The molecular formula is C12H22ClNO2. The first-order chi connectivity index (χ1) is 7.84. The number of hydrogen-bond donors (Lipinski definition) is 1. The zero-order valence-electron chi connectivity index (χ0n) is 9.84. The van der Waals surface area contributed by atoms with E-state index in [2.05, 4.69) is 5.32 Å². The predicted molar refractivity (Wildman–Crippen MR) is 65.8 cm³/mol. The van der Waals surface area contributed by atoms with Crippen molar-refractivity contribution in [2.45, 2.75) is 51.0 Å². The fraction of sp³-hybridized carbons (Fsp3) is 0.917. The van der Waals surface area contributed by atoms with Gasteiger partial charge in [0.1, 0.15) is 6.10 Å². The van der Waals surface area contributed by atoms with Crippen LogP contribution in [0.15, 0.2) is 0 Å². The minimum absolute atomic E-state index is 0.0667. The van der Waals surface area contributed by atoms with Crippen LogP contribution in [0.5, 0.6) is 0 Å². The Morgan fingerprint density at radius 1 is 1.25 bits per heavy atom. The summed E-state index contributed by atoms with van der Waals surface area (Å²) in [6.07, 6.45) is 7.26. The van der Waals surface area contributed by atoms with Crippen LogP contribution in [0.4, 0.5) is 0 Å². The van der Waals surface area contributed by atoms with Gasteiger partial charge in [-0.3, -0.25) is 4.79 Å². The van der Waals surface area contributed by atoms with Crippen molar-refractivity contribution in [1.82, 2.24) is 5.32 Å². The summed E-state index contributed by atoms with van der Waals surface area (Å²) in [7, 11) is 0. The van der Waals surface area contributed by atoms with Gasteiger partial charge < -0.3 is 10.1 Å². The van der Waals surface area contributed by atoms with E-state index in [1.807, 2.05) is 0 Å². The average molecular weight is 248 g/mol. The lowest BCUT2D eigenvalue weighted by Gasteiger charge is -2.21. The average Bonchev–Trinajstić information content (AvgIpc) is 2.34. The molecule has 0 spiro atoms. The quantitative estimate of drug-likeness (QED) is 0.555. The molecule has 1 atom stereocenters. The standard InChI is InChI=1S/C12H22ClNO2/c13-8-4-1-2-5-9-14-12(15)11-7-3-6-10-16-11/h11H,1-10H2,(H,14,15). The Balaban J connectivity index is 1.97. The van der Waals surface area contributed by atoms with Crippen LogP contribution in [0.1, 0.15) is 44.9 Å². The number of alkyl halides is 1. The SMILES string of the molecule is O=C(NCCCCCCCl)C1CCCCO1. The van der Waals surface area contributed by atoms with Crippen LogP contribution in [-0.2, 0) is 9.53 Å². The maximum absolute atomic E-state index is 11.6. The number of halogens is 1. The lowest BCUT2D eigenvalue weighted by atomic mass is 10.1. The number of unbranched alkanes of at least 4 members (excludes halogenated alkanes) is 3. The molecule has 0 aromatic heterocycles. The van der Waals surface area contributed by atoms with Crippen molar-refractivity contribution < 1.29 is 9.53 Å². The summed E-state index contributed by atoms with van der Waals surface area (Å²) in [5.41, 5.74) is 0. The number of carbonyl (C=O) groups excluding carboxylic acids is 1. The molecule has 3 nitrogen and oxygen atoms in total. The summed E-state index contributed by atoms with van der Waals surface area (Å²) in [5.74, 6) is 0.805. The molecule has 1 N–H and O–H groups in total. The van der Waals surface area contributed by atoms with Crippen molar-refractivity contribution in [1.29, 1.82) is 0 Å². The van der Waals surface area contributed by atoms with Gasteiger partial charge in [0.25, 0.3) is 0 Å². The second-order valence-corrected chi connectivity index (χ2v) is 4.63. The van der Waals surface area contributed by atoms with Crippen LogP contribution in [0.25, 0.3) is 0 Å². The second-order valence-electron chi connectivity index (χ2n) is 4.25. The van der Waals surface area contributed by atoms with E-state index >= 15 is 0 Å². The van der Waals surface area contributed by atoms with E-state index in [9.17, 15) is 4.79 Å². The van der Waals surface area contributed by atoms with E-state index in [1.165, 1.54) is 0 Å². The molecule has 0 aromatic rings. The van der Waals surface area contributed by atoms with Gasteiger partial charge in [-0.15, -0.1) is 11.6 Å². The maximum atomic E-state index is 11.6. The van der Waals surface area contributed by atoms with Gasteiger partial charge in [-0.05, 0) is 32.1 Å². The number of nitrogens with one attached hydrogen (secondary N) is 1. The minimum Gasteiger partial charge on any atom is -0.368 e. The van der Waals surface area contributed by atoms with Gasteiger partial charge in [-0.25, -0.2) is 0 Å². The Bertz CT molecular complexity index is 193. The van der Waals surface area contributed by atoms with Crippen molar-refractivity contribution in [2.75, 3.05) is 19.0 Å². The molecule has 1 amide bonds. The Morgan fingerprint density at radius 3 is 2.75 bits per heavy atom. The molecule has 16 heavy (non-hydrogen) atoms. The molecule has 0 bridgehead atoms. The van der Waals surface area contributed by atoms with Crippen LogP contribution >= 0.6 is 11.6 Å². The van der Waals surface area contributed by atoms with E-state index in [0.29, 0.717) is 0 Å². The largest absolute Gasteiger partial charge is 0.368 e. The fourth-order valence-electron chi connectivity index (χ4n) is 1.85. The summed E-state index contributed by atoms with van der Waals surface area (Å²) in [4.78, 5) is 11.6. The third-order valence-corrected chi connectivity index (χ3v) is 3.10. The highest BCUT2D eigenvalue weighted by atomic mass is 35.5. The first-order valence-corrected chi connectivity index (χ1v) is 6.83. The van der Waals surface area contributed by atoms with Crippen LogP contribution in [-0.4, -0.2) is 31.0 Å². The Hall–Kier alpha value is -0.280. The number of amides is 1. The van der Waals surface area contributed by atoms with Gasteiger partial charge >= 0.3 is 0 Å². The molecule has 94 valence electrons. The highest BCUT2D eigenvalue weighted by molar-refractivity contribution is 6.17. The zero-order chi connectivity index (χ0) is 11.6. The first kappa shape index (κ1) is 13.8. The van der Waals surface area contributed by atoms with E-state index in [1.54, 1.807) is 0 Å². The molecule has 0 radical (unpaired) electrons. The fourth-order valence-corrected chi connectivity index (χ4v) is 2.03. The number of ether oxygens (including phenoxy) is 1. The highest BCUT2D eigenvalue weighted by Crippen LogP contribution is 2.12. The van der Waals surface area contributed by atoms with E-state index in [0.717, 1.165) is 64.0 Å². The normalized spacial score (nSPS) is 20.7. The summed E-state index contributed by atoms with van der Waals surface area (Å²) >= 11 is 5.58. The van der Waals surface area contributed by atoms with Crippen molar-refractivity contribution in [3.8, 4) is 0 Å². The zero-order valence-corrected chi connectivity index (χ0v) is 10.6. The Morgan fingerprint density at radius 2 is 2.06 bits per heavy atom. The Kier molecular flexibility index (Phi) is 7.60. The minimum atomic E-state index is -0.198. The molecule has 0 aliphatic carbocycles. The smallest absolute Gasteiger partial charge is 0.249 e. The molecule has 1 heterocycles. The van der Waals surface area contributed by atoms with E-state index in [4.69, 9.17) is 16.3 Å². The molecule has 1 unspecified atom stereocenters. The Labute approximate surface area is 103 Å². The molecular weight excluding hydrogens is 226 g/mol. The lowest BCUT2D eigenvalue weighted by molar-refractivity contribution is -0.135. The monoisotopic (exact) mass is 247 g/mol. The van der Waals surface area contributed by atoms with Crippen molar-refractivity contribution in [2.24, 2.45) is 0 Å². The summed E-state index contributed by atoms with van der Waals surface area (Å²) in [6, 6.07) is 0. The number of hydrogen-bond acceptors (Lipinski definition) is 2. The van der Waals surface area contributed by atoms with E-state index < -0.39 is 0 Å². The van der Waals surface area contributed by atoms with Crippen LogP contribution in [0, 0.1) is 0 Å². The topological polar surface area (TPSA) is 38.3 Å². The lowest BCUT2D eigenvalue weighted by Crippen LogP contribution is -2.38. The molecule has 1 rings (SSSR count). The maximum Gasteiger partial charge on any atom is 0.249 e. The third-order valence-electron chi connectivity index (χ3n) is 2.83. The molecule has 0 saturated carbocycles. The van der Waals surface area contributed by atoms with Crippen molar-refractivity contribution in [3.05, 3.63) is 0 Å². The summed E-state index contributed by atoms with van der Waals surface area (Å²) in [6.45, 7) is 1.49.